The number of amides is 3. The quantitative estimate of drug-likeness (QED) is 0.547. The molecule has 0 saturated carbocycles. The first-order valence-corrected chi connectivity index (χ1v) is 9.87. The SMILES string of the molecule is CCCCOCCCNC(=O)Nc1ccccc1N1CCC(C(N)=O)CC1. The number of piperidine rings is 1. The second-order valence-corrected chi connectivity index (χ2v) is 6.88. The number of anilines is 2. The number of nitrogens with zero attached hydrogens (tertiary/aromatic N) is 1. The van der Waals surface area contributed by atoms with Gasteiger partial charge in [0.05, 0.1) is 11.4 Å². The fourth-order valence-corrected chi connectivity index (χ4v) is 3.15. The van der Waals surface area contributed by atoms with E-state index < -0.39 is 0 Å². The summed E-state index contributed by atoms with van der Waals surface area (Å²) in [5.74, 6) is -0.275. The van der Waals surface area contributed by atoms with Crippen LogP contribution in [0.5, 0.6) is 0 Å². The van der Waals surface area contributed by atoms with Crippen molar-refractivity contribution in [1.29, 1.82) is 0 Å². The van der Waals surface area contributed by atoms with E-state index in [4.69, 9.17) is 10.5 Å². The van der Waals surface area contributed by atoms with Crippen LogP contribution >= 0.6 is 0 Å². The fourth-order valence-electron chi connectivity index (χ4n) is 3.15. The highest BCUT2D eigenvalue weighted by atomic mass is 16.5. The summed E-state index contributed by atoms with van der Waals surface area (Å²) < 4.78 is 5.49. The van der Waals surface area contributed by atoms with E-state index >= 15 is 0 Å². The van der Waals surface area contributed by atoms with Crippen molar-refractivity contribution < 1.29 is 14.3 Å². The Labute approximate surface area is 161 Å². The smallest absolute Gasteiger partial charge is 0.319 e. The molecule has 0 bridgehead atoms. The Hall–Kier alpha value is -2.28. The maximum atomic E-state index is 12.2. The standard InChI is InChI=1S/C20H32N4O3/c1-2-3-14-27-15-6-11-22-20(26)23-17-7-4-5-8-18(17)24-12-9-16(10-13-24)19(21)25/h4-5,7-8,16H,2-3,6,9-15H2,1H3,(H2,21,25)(H2,22,23,26). The number of carbonyl (C=O) groups is 2. The molecule has 1 saturated heterocycles. The second-order valence-electron chi connectivity index (χ2n) is 6.88. The van der Waals surface area contributed by atoms with Gasteiger partial charge in [-0.1, -0.05) is 25.5 Å². The number of nitrogens with one attached hydrogen (secondary N) is 2. The van der Waals surface area contributed by atoms with E-state index in [0.717, 1.165) is 63.2 Å². The number of carbonyl (C=O) groups excluding carboxylic acids is 2. The maximum Gasteiger partial charge on any atom is 0.319 e. The van der Waals surface area contributed by atoms with Crippen LogP contribution in [0.15, 0.2) is 24.3 Å². The highest BCUT2D eigenvalue weighted by Gasteiger charge is 2.24. The summed E-state index contributed by atoms with van der Waals surface area (Å²) in [6.45, 7) is 5.65. The number of rotatable bonds is 10. The van der Waals surface area contributed by atoms with Gasteiger partial charge in [0.2, 0.25) is 5.91 Å². The average Bonchev–Trinajstić information content (AvgIpc) is 2.68. The van der Waals surface area contributed by atoms with Crippen LogP contribution in [0.4, 0.5) is 16.2 Å². The molecule has 0 radical (unpaired) electrons. The average molecular weight is 377 g/mol. The summed E-state index contributed by atoms with van der Waals surface area (Å²) in [6.07, 6.45) is 4.48. The molecule has 27 heavy (non-hydrogen) atoms. The minimum atomic E-state index is -0.223. The van der Waals surface area contributed by atoms with Crippen molar-refractivity contribution in [2.45, 2.75) is 39.0 Å². The van der Waals surface area contributed by atoms with E-state index in [0.29, 0.717) is 13.2 Å². The van der Waals surface area contributed by atoms with Crippen LogP contribution in [0.2, 0.25) is 0 Å². The minimum Gasteiger partial charge on any atom is -0.381 e. The molecule has 1 fully saturated rings. The van der Waals surface area contributed by atoms with Crippen LogP contribution < -0.4 is 21.3 Å². The van der Waals surface area contributed by atoms with Gasteiger partial charge in [-0.2, -0.15) is 0 Å². The predicted octanol–water partition coefficient (Wildman–Crippen LogP) is 2.72. The molecule has 0 aromatic heterocycles. The number of hydrogen-bond donors (Lipinski definition) is 3. The van der Waals surface area contributed by atoms with Crippen molar-refractivity contribution in [2.75, 3.05) is 43.1 Å². The van der Waals surface area contributed by atoms with E-state index in [1.807, 2.05) is 24.3 Å². The third-order valence-electron chi connectivity index (χ3n) is 4.78. The zero-order valence-corrected chi connectivity index (χ0v) is 16.2. The van der Waals surface area contributed by atoms with Gasteiger partial charge in [0.15, 0.2) is 0 Å². The number of nitrogens with two attached hydrogens (primary N) is 1. The molecule has 1 aliphatic heterocycles. The molecule has 0 atom stereocenters. The van der Waals surface area contributed by atoms with Gasteiger partial charge in [-0.15, -0.1) is 0 Å². The molecule has 3 amide bonds. The van der Waals surface area contributed by atoms with E-state index in [9.17, 15) is 9.59 Å². The van der Waals surface area contributed by atoms with Crippen molar-refractivity contribution in [1.82, 2.24) is 5.32 Å². The monoisotopic (exact) mass is 376 g/mol. The molecule has 2 rings (SSSR count). The lowest BCUT2D eigenvalue weighted by atomic mass is 9.96. The maximum absolute atomic E-state index is 12.2. The van der Waals surface area contributed by atoms with Crippen molar-refractivity contribution >= 4 is 23.3 Å². The highest BCUT2D eigenvalue weighted by Crippen LogP contribution is 2.29. The lowest BCUT2D eigenvalue weighted by Crippen LogP contribution is -2.39. The molecule has 0 unspecified atom stereocenters. The van der Waals surface area contributed by atoms with Gasteiger partial charge in [-0.05, 0) is 37.8 Å². The third kappa shape index (κ3) is 7.09. The predicted molar refractivity (Wildman–Crippen MR) is 108 cm³/mol. The molecular weight excluding hydrogens is 344 g/mol. The largest absolute Gasteiger partial charge is 0.381 e. The molecule has 1 aromatic carbocycles. The van der Waals surface area contributed by atoms with Crippen LogP contribution in [0.1, 0.15) is 39.0 Å². The molecule has 150 valence electrons. The van der Waals surface area contributed by atoms with Crippen LogP contribution in [-0.2, 0) is 9.53 Å². The molecule has 1 aromatic rings. The number of hydrogen-bond acceptors (Lipinski definition) is 4. The van der Waals surface area contributed by atoms with Crippen LogP contribution in [0, 0.1) is 5.92 Å². The van der Waals surface area contributed by atoms with Crippen molar-refractivity contribution in [3.05, 3.63) is 24.3 Å². The zero-order chi connectivity index (χ0) is 19.5. The molecule has 1 aliphatic rings. The molecule has 7 heteroatoms. The minimum absolute atomic E-state index is 0.0517. The number of ether oxygens (including phenoxy) is 1. The van der Waals surface area contributed by atoms with E-state index in [-0.39, 0.29) is 17.9 Å². The Morgan fingerprint density at radius 2 is 1.89 bits per heavy atom. The second kappa shape index (κ2) is 11.4. The number of unbranched alkanes of at least 4 members (excludes halogenated alkanes) is 1. The van der Waals surface area contributed by atoms with Gasteiger partial charge in [-0.3, -0.25) is 4.79 Å². The molecule has 0 spiro atoms. The summed E-state index contributed by atoms with van der Waals surface area (Å²) in [6, 6.07) is 7.51. The Kier molecular flexibility index (Phi) is 8.91. The van der Waals surface area contributed by atoms with Crippen molar-refractivity contribution in [3.8, 4) is 0 Å². The Morgan fingerprint density at radius 3 is 2.59 bits per heavy atom. The van der Waals surface area contributed by atoms with E-state index in [2.05, 4.69) is 22.5 Å². The lowest BCUT2D eigenvalue weighted by molar-refractivity contribution is -0.122. The lowest BCUT2D eigenvalue weighted by Gasteiger charge is -2.33. The molecule has 1 heterocycles. The van der Waals surface area contributed by atoms with Crippen molar-refractivity contribution in [2.24, 2.45) is 11.7 Å². The number of benzene rings is 1. The Balaban J connectivity index is 1.78. The summed E-state index contributed by atoms with van der Waals surface area (Å²) in [5.41, 5.74) is 7.15. The normalized spacial score (nSPS) is 14.8. The van der Waals surface area contributed by atoms with Gasteiger partial charge in [0.1, 0.15) is 0 Å². The molecule has 0 aliphatic carbocycles. The first-order chi connectivity index (χ1) is 13.1. The van der Waals surface area contributed by atoms with Crippen LogP contribution in [0.3, 0.4) is 0 Å². The zero-order valence-electron chi connectivity index (χ0n) is 16.2. The van der Waals surface area contributed by atoms with Gasteiger partial charge in [0, 0.05) is 38.8 Å². The van der Waals surface area contributed by atoms with Crippen LogP contribution in [-0.4, -0.2) is 44.8 Å². The molecule has 4 N–H and O–H groups in total. The Morgan fingerprint density at radius 1 is 1.19 bits per heavy atom. The summed E-state index contributed by atoms with van der Waals surface area (Å²) >= 11 is 0. The van der Waals surface area contributed by atoms with Gasteiger partial charge in [0.25, 0.3) is 0 Å². The summed E-state index contributed by atoms with van der Waals surface area (Å²) in [4.78, 5) is 25.7. The fraction of sp³-hybridized carbons (Fsp3) is 0.600. The van der Waals surface area contributed by atoms with Gasteiger partial charge >= 0.3 is 6.03 Å². The summed E-state index contributed by atoms with van der Waals surface area (Å²) in [7, 11) is 0. The number of urea groups is 1. The highest BCUT2D eigenvalue weighted by molar-refractivity contribution is 5.93. The third-order valence-corrected chi connectivity index (χ3v) is 4.78. The first kappa shape index (κ1) is 21.0. The first-order valence-electron chi connectivity index (χ1n) is 9.87. The van der Waals surface area contributed by atoms with E-state index in [1.54, 1.807) is 0 Å². The van der Waals surface area contributed by atoms with Crippen molar-refractivity contribution in [3.63, 3.8) is 0 Å². The van der Waals surface area contributed by atoms with E-state index in [1.165, 1.54) is 0 Å². The Bertz CT molecular complexity index is 601. The van der Waals surface area contributed by atoms with Crippen LogP contribution in [0.25, 0.3) is 0 Å². The van der Waals surface area contributed by atoms with Gasteiger partial charge < -0.3 is 26.0 Å². The van der Waals surface area contributed by atoms with Gasteiger partial charge in [-0.25, -0.2) is 4.79 Å². The number of primary amides is 1. The topological polar surface area (TPSA) is 96.7 Å². The number of para-hydroxylation sites is 2. The molecule has 7 nitrogen and oxygen atoms in total. The molecular formula is C20H32N4O3. The summed E-state index contributed by atoms with van der Waals surface area (Å²) in [5, 5.41) is 5.79.